The van der Waals surface area contributed by atoms with Crippen LogP contribution in [0.4, 0.5) is 0 Å². The topological polar surface area (TPSA) is 67.6 Å². The molecule has 1 atom stereocenters. The molecule has 0 saturated heterocycles. The molecule has 5 nitrogen and oxygen atoms in total. The summed E-state index contributed by atoms with van der Waals surface area (Å²) < 4.78 is 5.39. The molecule has 0 amide bonds. The zero-order valence-electron chi connectivity index (χ0n) is 11.4. The van der Waals surface area contributed by atoms with Crippen molar-refractivity contribution in [3.8, 4) is 11.5 Å². The summed E-state index contributed by atoms with van der Waals surface area (Å²) in [5, 5.41) is 7.21. The summed E-state index contributed by atoms with van der Waals surface area (Å²) >= 11 is 0. The van der Waals surface area contributed by atoms with Crippen molar-refractivity contribution in [1.82, 2.24) is 20.2 Å². The summed E-state index contributed by atoms with van der Waals surface area (Å²) in [5.41, 5.74) is 0.747. The van der Waals surface area contributed by atoms with E-state index in [1.807, 2.05) is 0 Å². The van der Waals surface area contributed by atoms with Gasteiger partial charge in [-0.05, 0) is 5.92 Å². The van der Waals surface area contributed by atoms with Crippen molar-refractivity contribution in [2.45, 2.75) is 46.5 Å². The highest BCUT2D eigenvalue weighted by molar-refractivity contribution is 5.51. The predicted molar refractivity (Wildman–Crippen MR) is 69.1 cm³/mol. The summed E-state index contributed by atoms with van der Waals surface area (Å²) in [6, 6.07) is 0. The van der Waals surface area contributed by atoms with Crippen molar-refractivity contribution in [2.24, 2.45) is 5.92 Å². The number of oxazole rings is 1. The molecule has 2 aromatic heterocycles. The van der Waals surface area contributed by atoms with Gasteiger partial charge in [-0.1, -0.05) is 34.1 Å². The Kier molecular flexibility index (Phi) is 3.79. The maximum Gasteiger partial charge on any atom is 0.203 e. The zero-order chi connectivity index (χ0) is 13.1. The highest BCUT2D eigenvalue weighted by Gasteiger charge is 2.18. The van der Waals surface area contributed by atoms with Crippen LogP contribution in [0.15, 0.2) is 10.8 Å². The SMILES string of the molecule is CCC(C)Cc1nc(-c2ncoc2C(C)C)n[nH]1. The Balaban J connectivity index is 2.21. The first-order valence-corrected chi connectivity index (χ1v) is 6.46. The van der Waals surface area contributed by atoms with Gasteiger partial charge in [0.25, 0.3) is 0 Å². The summed E-state index contributed by atoms with van der Waals surface area (Å²) in [7, 11) is 0. The second-order valence-electron chi connectivity index (χ2n) is 5.04. The third-order valence-electron chi connectivity index (χ3n) is 3.10. The van der Waals surface area contributed by atoms with Gasteiger partial charge in [-0.25, -0.2) is 9.97 Å². The lowest BCUT2D eigenvalue weighted by molar-refractivity contribution is 0.483. The fourth-order valence-electron chi connectivity index (χ4n) is 1.80. The molecular weight excluding hydrogens is 228 g/mol. The van der Waals surface area contributed by atoms with Gasteiger partial charge in [0, 0.05) is 12.3 Å². The third kappa shape index (κ3) is 2.60. The number of aromatic nitrogens is 4. The number of rotatable bonds is 5. The first-order valence-electron chi connectivity index (χ1n) is 6.46. The lowest BCUT2D eigenvalue weighted by Gasteiger charge is -2.03. The van der Waals surface area contributed by atoms with Gasteiger partial charge in [0.1, 0.15) is 11.6 Å². The second-order valence-corrected chi connectivity index (χ2v) is 5.04. The van der Waals surface area contributed by atoms with Gasteiger partial charge in [0.05, 0.1) is 0 Å². The van der Waals surface area contributed by atoms with Crippen LogP contribution in [-0.4, -0.2) is 20.2 Å². The van der Waals surface area contributed by atoms with Crippen LogP contribution in [-0.2, 0) is 6.42 Å². The van der Waals surface area contributed by atoms with E-state index in [4.69, 9.17) is 4.42 Å². The molecular formula is C13H20N4O. The molecule has 0 spiro atoms. The van der Waals surface area contributed by atoms with E-state index >= 15 is 0 Å². The first-order chi connectivity index (χ1) is 8.61. The highest BCUT2D eigenvalue weighted by atomic mass is 16.3. The van der Waals surface area contributed by atoms with E-state index in [9.17, 15) is 0 Å². The van der Waals surface area contributed by atoms with Crippen LogP contribution >= 0.6 is 0 Å². The Hall–Kier alpha value is -1.65. The van der Waals surface area contributed by atoms with Crippen LogP contribution in [0.1, 0.15) is 51.6 Å². The molecule has 2 rings (SSSR count). The molecule has 0 bridgehead atoms. The molecule has 0 aliphatic heterocycles. The Morgan fingerprint density at radius 2 is 2.11 bits per heavy atom. The van der Waals surface area contributed by atoms with E-state index in [1.54, 1.807) is 0 Å². The van der Waals surface area contributed by atoms with E-state index < -0.39 is 0 Å². The highest BCUT2D eigenvalue weighted by Crippen LogP contribution is 2.25. The molecule has 1 unspecified atom stereocenters. The molecule has 0 saturated carbocycles. The predicted octanol–water partition coefficient (Wildman–Crippen LogP) is 3.17. The van der Waals surface area contributed by atoms with Crippen molar-refractivity contribution in [3.63, 3.8) is 0 Å². The molecule has 2 aromatic rings. The molecule has 0 aliphatic carbocycles. The van der Waals surface area contributed by atoms with Crippen molar-refractivity contribution in [3.05, 3.63) is 18.0 Å². The van der Waals surface area contributed by atoms with E-state index in [-0.39, 0.29) is 5.92 Å². The fraction of sp³-hybridized carbons (Fsp3) is 0.615. The number of hydrogen-bond donors (Lipinski definition) is 1. The first kappa shape index (κ1) is 12.8. The number of H-pyrrole nitrogens is 1. The Bertz CT molecular complexity index is 501. The smallest absolute Gasteiger partial charge is 0.203 e. The van der Waals surface area contributed by atoms with Crippen LogP contribution in [0.25, 0.3) is 11.5 Å². The van der Waals surface area contributed by atoms with E-state index in [0.29, 0.717) is 11.7 Å². The molecule has 0 aliphatic rings. The monoisotopic (exact) mass is 248 g/mol. The van der Waals surface area contributed by atoms with Crippen LogP contribution in [0.2, 0.25) is 0 Å². The molecule has 2 heterocycles. The maximum absolute atomic E-state index is 5.39. The van der Waals surface area contributed by atoms with E-state index in [0.717, 1.165) is 30.1 Å². The van der Waals surface area contributed by atoms with Crippen molar-refractivity contribution >= 4 is 0 Å². The summed E-state index contributed by atoms with van der Waals surface area (Å²) in [6.07, 6.45) is 3.50. The maximum atomic E-state index is 5.39. The van der Waals surface area contributed by atoms with Crippen molar-refractivity contribution < 1.29 is 4.42 Å². The summed E-state index contributed by atoms with van der Waals surface area (Å²) in [6.45, 7) is 8.52. The van der Waals surface area contributed by atoms with Gasteiger partial charge in [0.2, 0.25) is 5.82 Å². The average Bonchev–Trinajstić information content (AvgIpc) is 2.95. The van der Waals surface area contributed by atoms with Gasteiger partial charge in [-0.3, -0.25) is 5.10 Å². The van der Waals surface area contributed by atoms with Crippen LogP contribution in [0, 0.1) is 5.92 Å². The molecule has 5 heteroatoms. The molecule has 18 heavy (non-hydrogen) atoms. The molecule has 0 fully saturated rings. The summed E-state index contributed by atoms with van der Waals surface area (Å²) in [4.78, 5) is 8.70. The van der Waals surface area contributed by atoms with Gasteiger partial charge in [-0.2, -0.15) is 5.10 Å². The van der Waals surface area contributed by atoms with E-state index in [1.165, 1.54) is 6.39 Å². The zero-order valence-corrected chi connectivity index (χ0v) is 11.4. The number of nitrogens with one attached hydrogen (secondary N) is 1. The van der Waals surface area contributed by atoms with Crippen molar-refractivity contribution in [2.75, 3.05) is 0 Å². The van der Waals surface area contributed by atoms with Gasteiger partial charge in [0.15, 0.2) is 12.1 Å². The number of aromatic amines is 1. The van der Waals surface area contributed by atoms with Crippen LogP contribution in [0.5, 0.6) is 0 Å². The van der Waals surface area contributed by atoms with Gasteiger partial charge >= 0.3 is 0 Å². The number of nitrogens with zero attached hydrogens (tertiary/aromatic N) is 3. The molecule has 0 radical (unpaired) electrons. The minimum Gasteiger partial charge on any atom is -0.447 e. The Labute approximate surface area is 107 Å². The third-order valence-corrected chi connectivity index (χ3v) is 3.10. The molecule has 1 N–H and O–H groups in total. The Morgan fingerprint density at radius 3 is 2.78 bits per heavy atom. The normalized spacial score (nSPS) is 13.2. The minimum absolute atomic E-state index is 0.277. The quantitative estimate of drug-likeness (QED) is 0.882. The van der Waals surface area contributed by atoms with Gasteiger partial charge < -0.3 is 4.42 Å². The minimum atomic E-state index is 0.277. The van der Waals surface area contributed by atoms with Crippen molar-refractivity contribution in [1.29, 1.82) is 0 Å². The number of hydrogen-bond acceptors (Lipinski definition) is 4. The lowest BCUT2D eigenvalue weighted by atomic mass is 10.1. The van der Waals surface area contributed by atoms with Crippen LogP contribution in [0.3, 0.4) is 0 Å². The summed E-state index contributed by atoms with van der Waals surface area (Å²) in [5.74, 6) is 3.26. The Morgan fingerprint density at radius 1 is 1.33 bits per heavy atom. The second kappa shape index (κ2) is 5.33. The van der Waals surface area contributed by atoms with Gasteiger partial charge in [-0.15, -0.1) is 0 Å². The molecule has 0 aromatic carbocycles. The average molecular weight is 248 g/mol. The molecule has 98 valence electrons. The fourth-order valence-corrected chi connectivity index (χ4v) is 1.80. The largest absolute Gasteiger partial charge is 0.447 e. The standard InChI is InChI=1S/C13H20N4O/c1-5-9(4)6-10-15-13(17-16-10)11-12(8(2)3)18-7-14-11/h7-9H,5-6H2,1-4H3,(H,15,16,17). The van der Waals surface area contributed by atoms with E-state index in [2.05, 4.69) is 47.9 Å². The van der Waals surface area contributed by atoms with Crippen LogP contribution < -0.4 is 0 Å². The lowest BCUT2D eigenvalue weighted by Crippen LogP contribution is -1.99.